The highest BCUT2D eigenvalue weighted by molar-refractivity contribution is 6.50. The lowest BCUT2D eigenvalue weighted by molar-refractivity contribution is -0.385. The molecule has 5 nitrogen and oxygen atoms in total. The Hall–Kier alpha value is -1.20. The van der Waals surface area contributed by atoms with Gasteiger partial charge in [-0.1, -0.05) is 0 Å². The molecule has 1 fully saturated rings. The fourth-order valence-electron chi connectivity index (χ4n) is 2.21. The van der Waals surface area contributed by atoms with E-state index in [0.29, 0.717) is 43.1 Å². The maximum Gasteiger partial charge on any atom is 0.276 e. The molecule has 0 unspecified atom stereocenters. The second-order valence-corrected chi connectivity index (χ2v) is 6.29. The van der Waals surface area contributed by atoms with Gasteiger partial charge in [0.1, 0.15) is 17.5 Å². The van der Waals surface area contributed by atoms with Crippen LogP contribution in [-0.2, 0) is 6.42 Å². The third-order valence-electron chi connectivity index (χ3n) is 3.36. The average molecular weight is 304 g/mol. The number of nitrogens with zero attached hydrogens (tertiary/aromatic N) is 1. The molecular formula is C12H11Cl2NO4. The van der Waals surface area contributed by atoms with Gasteiger partial charge in [0.2, 0.25) is 0 Å². The number of nitro benzene ring substituents is 1. The molecule has 102 valence electrons. The summed E-state index contributed by atoms with van der Waals surface area (Å²) < 4.78 is 10.0. The summed E-state index contributed by atoms with van der Waals surface area (Å²) in [5.41, 5.74) is 0.614. The SMILES string of the molecule is O=[N+]([O-])c1cc2c(cc1C[C@@H]1CC1(Cl)Cl)OCCO2. The number of hydrogen-bond donors (Lipinski definition) is 0. The summed E-state index contributed by atoms with van der Waals surface area (Å²) >= 11 is 11.9. The van der Waals surface area contributed by atoms with Crippen molar-refractivity contribution in [1.29, 1.82) is 0 Å². The zero-order valence-corrected chi connectivity index (χ0v) is 11.4. The molecule has 19 heavy (non-hydrogen) atoms. The van der Waals surface area contributed by atoms with Gasteiger partial charge in [0, 0.05) is 5.56 Å². The molecule has 0 amide bonds. The fourth-order valence-corrected chi connectivity index (χ4v) is 2.74. The van der Waals surface area contributed by atoms with Gasteiger partial charge in [0.25, 0.3) is 5.69 Å². The molecule has 0 bridgehead atoms. The van der Waals surface area contributed by atoms with Crippen molar-refractivity contribution >= 4 is 28.9 Å². The lowest BCUT2D eigenvalue weighted by Crippen LogP contribution is -2.16. The zero-order chi connectivity index (χ0) is 13.6. The van der Waals surface area contributed by atoms with E-state index in [-0.39, 0.29) is 11.6 Å². The van der Waals surface area contributed by atoms with Crippen LogP contribution in [0.25, 0.3) is 0 Å². The topological polar surface area (TPSA) is 61.6 Å². The van der Waals surface area contributed by atoms with Crippen LogP contribution in [0.4, 0.5) is 5.69 Å². The van der Waals surface area contributed by atoms with E-state index < -0.39 is 9.26 Å². The first-order valence-electron chi connectivity index (χ1n) is 5.92. The third kappa shape index (κ3) is 2.44. The van der Waals surface area contributed by atoms with Crippen molar-refractivity contribution in [3.63, 3.8) is 0 Å². The molecule has 3 rings (SSSR count). The molecule has 2 aliphatic rings. The van der Waals surface area contributed by atoms with Crippen molar-refractivity contribution in [2.45, 2.75) is 17.2 Å². The lowest BCUT2D eigenvalue weighted by atomic mass is 10.1. The standard InChI is InChI=1S/C12H11Cl2NO4/c13-12(14)6-8(12)3-7-4-10-11(19-2-1-18-10)5-9(7)15(16)17/h4-5,8H,1-3,6H2/t8-/m1/s1. The number of hydrogen-bond acceptors (Lipinski definition) is 4. The molecule has 0 saturated heterocycles. The largest absolute Gasteiger partial charge is 0.486 e. The summed E-state index contributed by atoms with van der Waals surface area (Å²) in [6, 6.07) is 3.07. The molecule has 0 N–H and O–H groups in total. The van der Waals surface area contributed by atoms with Crippen LogP contribution in [0.15, 0.2) is 12.1 Å². The van der Waals surface area contributed by atoms with E-state index in [1.807, 2.05) is 0 Å². The van der Waals surface area contributed by atoms with Crippen molar-refractivity contribution in [2.75, 3.05) is 13.2 Å². The first-order chi connectivity index (χ1) is 8.97. The summed E-state index contributed by atoms with van der Waals surface area (Å²) in [5, 5.41) is 11.1. The maximum atomic E-state index is 11.1. The number of fused-ring (bicyclic) bond motifs is 1. The molecule has 1 aliphatic carbocycles. The summed E-state index contributed by atoms with van der Waals surface area (Å²) in [6.45, 7) is 0.848. The van der Waals surface area contributed by atoms with E-state index in [2.05, 4.69) is 0 Å². The molecule has 0 radical (unpaired) electrons. The molecule has 1 atom stereocenters. The normalized spacial score (nSPS) is 22.9. The quantitative estimate of drug-likeness (QED) is 0.489. The molecule has 0 aromatic heterocycles. The van der Waals surface area contributed by atoms with Crippen LogP contribution in [0.3, 0.4) is 0 Å². The Balaban J connectivity index is 1.94. The monoisotopic (exact) mass is 303 g/mol. The van der Waals surface area contributed by atoms with E-state index in [1.54, 1.807) is 6.07 Å². The molecule has 0 spiro atoms. The molecular weight excluding hydrogens is 293 g/mol. The zero-order valence-electron chi connectivity index (χ0n) is 9.90. The van der Waals surface area contributed by atoms with Crippen molar-refractivity contribution in [3.05, 3.63) is 27.8 Å². The van der Waals surface area contributed by atoms with Crippen molar-refractivity contribution in [1.82, 2.24) is 0 Å². The van der Waals surface area contributed by atoms with Gasteiger partial charge in [0.05, 0.1) is 11.0 Å². The first-order valence-corrected chi connectivity index (χ1v) is 6.68. The van der Waals surface area contributed by atoms with E-state index in [4.69, 9.17) is 32.7 Å². The Kier molecular flexibility index (Phi) is 2.98. The van der Waals surface area contributed by atoms with Crippen molar-refractivity contribution in [3.8, 4) is 11.5 Å². The van der Waals surface area contributed by atoms with Gasteiger partial charge in [-0.25, -0.2) is 0 Å². The Morgan fingerprint density at radius 2 is 1.89 bits per heavy atom. The number of rotatable bonds is 3. The average Bonchev–Trinajstić information content (AvgIpc) is 2.95. The maximum absolute atomic E-state index is 11.1. The predicted octanol–water partition coefficient (Wildman–Crippen LogP) is 3.10. The third-order valence-corrected chi connectivity index (χ3v) is 4.29. The van der Waals surface area contributed by atoms with Gasteiger partial charge in [-0.3, -0.25) is 10.1 Å². The van der Waals surface area contributed by atoms with Crippen LogP contribution in [0, 0.1) is 16.0 Å². The highest BCUT2D eigenvalue weighted by Gasteiger charge is 2.51. The minimum absolute atomic E-state index is 0.0280. The minimum Gasteiger partial charge on any atom is -0.486 e. The van der Waals surface area contributed by atoms with E-state index in [1.165, 1.54) is 6.07 Å². The number of benzene rings is 1. The molecule has 1 aromatic carbocycles. The lowest BCUT2D eigenvalue weighted by Gasteiger charge is -2.19. The summed E-state index contributed by atoms with van der Waals surface area (Å²) in [7, 11) is 0. The second-order valence-electron chi connectivity index (χ2n) is 4.75. The summed E-state index contributed by atoms with van der Waals surface area (Å²) in [4.78, 5) is 10.7. The van der Waals surface area contributed by atoms with Crippen LogP contribution in [0.2, 0.25) is 0 Å². The van der Waals surface area contributed by atoms with E-state index in [0.717, 1.165) is 0 Å². The van der Waals surface area contributed by atoms with Crippen LogP contribution < -0.4 is 9.47 Å². The van der Waals surface area contributed by atoms with Gasteiger partial charge in [-0.15, -0.1) is 23.2 Å². The van der Waals surface area contributed by atoms with Crippen LogP contribution in [-0.4, -0.2) is 22.5 Å². The van der Waals surface area contributed by atoms with E-state index in [9.17, 15) is 10.1 Å². The van der Waals surface area contributed by atoms with Gasteiger partial charge in [-0.05, 0) is 24.8 Å². The van der Waals surface area contributed by atoms with E-state index >= 15 is 0 Å². The molecule has 1 heterocycles. The molecule has 7 heteroatoms. The summed E-state index contributed by atoms with van der Waals surface area (Å²) in [5.74, 6) is 1.01. The van der Waals surface area contributed by atoms with Gasteiger partial charge < -0.3 is 9.47 Å². The smallest absolute Gasteiger partial charge is 0.276 e. The molecule has 1 aromatic rings. The summed E-state index contributed by atoms with van der Waals surface area (Å²) in [6.07, 6.45) is 1.13. The second kappa shape index (κ2) is 4.42. The highest BCUT2D eigenvalue weighted by Crippen LogP contribution is 2.55. The Morgan fingerprint density at radius 3 is 2.42 bits per heavy atom. The van der Waals surface area contributed by atoms with Gasteiger partial charge >= 0.3 is 0 Å². The predicted molar refractivity (Wildman–Crippen MR) is 70.3 cm³/mol. The van der Waals surface area contributed by atoms with Gasteiger partial charge in [0.15, 0.2) is 11.5 Å². The van der Waals surface area contributed by atoms with Crippen molar-refractivity contribution < 1.29 is 14.4 Å². The highest BCUT2D eigenvalue weighted by atomic mass is 35.5. The number of ether oxygens (including phenoxy) is 2. The van der Waals surface area contributed by atoms with Crippen LogP contribution in [0.5, 0.6) is 11.5 Å². The van der Waals surface area contributed by atoms with Crippen LogP contribution >= 0.6 is 23.2 Å². The molecule has 1 saturated carbocycles. The number of alkyl halides is 2. The van der Waals surface area contributed by atoms with Gasteiger partial charge in [-0.2, -0.15) is 0 Å². The van der Waals surface area contributed by atoms with Crippen molar-refractivity contribution in [2.24, 2.45) is 5.92 Å². The Labute approximate surface area is 119 Å². The fraction of sp³-hybridized carbons (Fsp3) is 0.500. The Bertz CT molecular complexity index is 547. The van der Waals surface area contributed by atoms with Crippen LogP contribution in [0.1, 0.15) is 12.0 Å². The Morgan fingerprint density at radius 1 is 1.32 bits per heavy atom. The minimum atomic E-state index is -0.749. The number of halogens is 2. The molecule has 1 aliphatic heterocycles. The first kappa shape index (κ1) is 12.8. The number of nitro groups is 1.